The summed E-state index contributed by atoms with van der Waals surface area (Å²) in [6, 6.07) is 0.0648. The Morgan fingerprint density at radius 2 is 1.93 bits per heavy atom. The summed E-state index contributed by atoms with van der Waals surface area (Å²) in [5, 5.41) is 20.6. The van der Waals surface area contributed by atoms with Crippen LogP contribution in [-0.4, -0.2) is 59.4 Å². The lowest BCUT2D eigenvalue weighted by Gasteiger charge is -2.26. The molecule has 1 fully saturated rings. The number of carbonyl (C=O) groups excluding carboxylic acids is 1. The molecule has 15 heavy (non-hydrogen) atoms. The molecule has 5 heteroatoms. The van der Waals surface area contributed by atoms with E-state index >= 15 is 0 Å². The summed E-state index contributed by atoms with van der Waals surface area (Å²) >= 11 is 0. The maximum atomic E-state index is 11.7. The van der Waals surface area contributed by atoms with Crippen molar-refractivity contribution in [1.82, 2.24) is 10.2 Å². The number of nitrogens with one attached hydrogen (secondary N) is 1. The second-order valence-corrected chi connectivity index (χ2v) is 3.94. The highest BCUT2D eigenvalue weighted by Crippen LogP contribution is 2.19. The first-order valence-corrected chi connectivity index (χ1v) is 5.45. The Labute approximate surface area is 90.1 Å². The van der Waals surface area contributed by atoms with E-state index in [4.69, 9.17) is 10.2 Å². The van der Waals surface area contributed by atoms with Crippen LogP contribution in [0.4, 0.5) is 0 Å². The number of carbonyl (C=O) groups is 1. The Morgan fingerprint density at radius 3 is 2.33 bits per heavy atom. The van der Waals surface area contributed by atoms with Gasteiger partial charge in [-0.3, -0.25) is 9.69 Å². The van der Waals surface area contributed by atoms with Crippen molar-refractivity contribution in [2.75, 3.05) is 26.3 Å². The predicted molar refractivity (Wildman–Crippen MR) is 56.4 cm³/mol. The van der Waals surface area contributed by atoms with E-state index in [1.165, 1.54) is 0 Å². The van der Waals surface area contributed by atoms with Crippen LogP contribution in [0.2, 0.25) is 0 Å². The van der Waals surface area contributed by atoms with Crippen molar-refractivity contribution in [2.24, 2.45) is 0 Å². The molecule has 0 radical (unpaired) electrons. The van der Waals surface area contributed by atoms with Crippen molar-refractivity contribution >= 4 is 5.91 Å². The van der Waals surface area contributed by atoms with Crippen molar-refractivity contribution < 1.29 is 15.0 Å². The van der Waals surface area contributed by atoms with Gasteiger partial charge in [0.25, 0.3) is 0 Å². The molecular formula is C10H20N2O3. The van der Waals surface area contributed by atoms with Crippen LogP contribution in [0.15, 0.2) is 0 Å². The third kappa shape index (κ3) is 4.15. The molecule has 1 saturated carbocycles. The lowest BCUT2D eigenvalue weighted by molar-refractivity contribution is -0.126. The lowest BCUT2D eigenvalue weighted by atomic mass is 10.2. The Kier molecular flexibility index (Phi) is 5.01. The number of aliphatic hydroxyl groups excluding tert-OH is 2. The van der Waals surface area contributed by atoms with Crippen LogP contribution >= 0.6 is 0 Å². The first kappa shape index (κ1) is 12.4. The van der Waals surface area contributed by atoms with Crippen molar-refractivity contribution in [1.29, 1.82) is 0 Å². The molecule has 0 aromatic heterocycles. The molecule has 1 aliphatic carbocycles. The Hall–Kier alpha value is -0.650. The van der Waals surface area contributed by atoms with Gasteiger partial charge >= 0.3 is 0 Å². The number of nitrogens with zero attached hydrogens (tertiary/aromatic N) is 1. The molecule has 5 nitrogen and oxygen atoms in total. The van der Waals surface area contributed by atoms with Gasteiger partial charge in [-0.25, -0.2) is 0 Å². The molecule has 88 valence electrons. The van der Waals surface area contributed by atoms with Crippen LogP contribution in [0.1, 0.15) is 19.8 Å². The SMILES string of the molecule is CC(C(=O)NC1CC1)N(CCO)CCO. The molecule has 0 heterocycles. The molecule has 1 rings (SSSR count). The molecule has 0 aromatic rings. The highest BCUT2D eigenvalue weighted by Gasteiger charge is 2.27. The fraction of sp³-hybridized carbons (Fsp3) is 0.900. The second kappa shape index (κ2) is 6.05. The van der Waals surface area contributed by atoms with Gasteiger partial charge in [-0.2, -0.15) is 0 Å². The number of hydrogen-bond acceptors (Lipinski definition) is 4. The fourth-order valence-electron chi connectivity index (χ4n) is 1.47. The van der Waals surface area contributed by atoms with Crippen molar-refractivity contribution in [2.45, 2.75) is 31.8 Å². The fourth-order valence-corrected chi connectivity index (χ4v) is 1.47. The highest BCUT2D eigenvalue weighted by atomic mass is 16.3. The number of rotatable bonds is 7. The maximum Gasteiger partial charge on any atom is 0.237 e. The summed E-state index contributed by atoms with van der Waals surface area (Å²) in [7, 11) is 0. The van der Waals surface area contributed by atoms with Gasteiger partial charge < -0.3 is 15.5 Å². The normalized spacial score (nSPS) is 17.9. The molecule has 3 N–H and O–H groups in total. The van der Waals surface area contributed by atoms with Gasteiger partial charge in [-0.1, -0.05) is 0 Å². The average Bonchev–Trinajstić information content (AvgIpc) is 3.00. The Morgan fingerprint density at radius 1 is 1.40 bits per heavy atom. The summed E-state index contributed by atoms with van der Waals surface area (Å²) in [4.78, 5) is 13.4. The summed E-state index contributed by atoms with van der Waals surface area (Å²) in [5.74, 6) is -0.0144. The largest absolute Gasteiger partial charge is 0.395 e. The zero-order chi connectivity index (χ0) is 11.3. The first-order valence-electron chi connectivity index (χ1n) is 5.45. The molecule has 1 atom stereocenters. The van der Waals surface area contributed by atoms with E-state index in [0.29, 0.717) is 19.1 Å². The first-order chi connectivity index (χ1) is 7.19. The molecule has 0 spiro atoms. The quantitative estimate of drug-likeness (QED) is 0.507. The Balaban J connectivity index is 2.37. The summed E-state index contributed by atoms with van der Waals surface area (Å²) < 4.78 is 0. The van der Waals surface area contributed by atoms with Crippen molar-refractivity contribution in [3.05, 3.63) is 0 Å². The molecule has 1 aliphatic rings. The molecule has 0 saturated heterocycles. The highest BCUT2D eigenvalue weighted by molar-refractivity contribution is 5.81. The summed E-state index contributed by atoms with van der Waals surface area (Å²) in [5.41, 5.74) is 0. The van der Waals surface area contributed by atoms with Gasteiger partial charge in [0.2, 0.25) is 5.91 Å². The van der Waals surface area contributed by atoms with E-state index in [1.54, 1.807) is 11.8 Å². The smallest absolute Gasteiger partial charge is 0.237 e. The van der Waals surface area contributed by atoms with Gasteiger partial charge in [0.15, 0.2) is 0 Å². The minimum absolute atomic E-state index is 0.00104. The van der Waals surface area contributed by atoms with E-state index in [0.717, 1.165) is 12.8 Å². The molecule has 1 unspecified atom stereocenters. The van der Waals surface area contributed by atoms with Crippen LogP contribution in [0.25, 0.3) is 0 Å². The van der Waals surface area contributed by atoms with Crippen LogP contribution in [-0.2, 0) is 4.79 Å². The molecule has 0 aromatic carbocycles. The number of amides is 1. The average molecular weight is 216 g/mol. The van der Waals surface area contributed by atoms with E-state index in [1.807, 2.05) is 0 Å². The third-order valence-electron chi connectivity index (χ3n) is 2.63. The molecule has 1 amide bonds. The van der Waals surface area contributed by atoms with Crippen molar-refractivity contribution in [3.63, 3.8) is 0 Å². The zero-order valence-electron chi connectivity index (χ0n) is 9.15. The molecule has 0 aliphatic heterocycles. The van der Waals surface area contributed by atoms with Gasteiger partial charge in [0.05, 0.1) is 19.3 Å². The van der Waals surface area contributed by atoms with E-state index in [-0.39, 0.29) is 25.2 Å². The lowest BCUT2D eigenvalue weighted by Crippen LogP contribution is -2.47. The van der Waals surface area contributed by atoms with Crippen molar-refractivity contribution in [3.8, 4) is 0 Å². The van der Waals surface area contributed by atoms with E-state index < -0.39 is 0 Å². The minimum Gasteiger partial charge on any atom is -0.395 e. The number of aliphatic hydroxyl groups is 2. The summed E-state index contributed by atoms with van der Waals surface area (Å²) in [6.45, 7) is 2.63. The number of hydrogen-bond donors (Lipinski definition) is 3. The zero-order valence-corrected chi connectivity index (χ0v) is 9.15. The minimum atomic E-state index is -0.287. The second-order valence-electron chi connectivity index (χ2n) is 3.94. The summed E-state index contributed by atoms with van der Waals surface area (Å²) in [6.07, 6.45) is 2.14. The van der Waals surface area contributed by atoms with Crippen LogP contribution < -0.4 is 5.32 Å². The van der Waals surface area contributed by atoms with Crippen LogP contribution in [0.3, 0.4) is 0 Å². The predicted octanol–water partition coefficient (Wildman–Crippen LogP) is -1.06. The standard InChI is InChI=1S/C10H20N2O3/c1-8(10(15)11-9-2-3-9)12(4-6-13)5-7-14/h8-9,13-14H,2-7H2,1H3,(H,11,15). The molecule has 0 bridgehead atoms. The van der Waals surface area contributed by atoms with Gasteiger partial charge in [-0.15, -0.1) is 0 Å². The van der Waals surface area contributed by atoms with Crippen LogP contribution in [0, 0.1) is 0 Å². The monoisotopic (exact) mass is 216 g/mol. The topological polar surface area (TPSA) is 72.8 Å². The van der Waals surface area contributed by atoms with Crippen LogP contribution in [0.5, 0.6) is 0 Å². The molecular weight excluding hydrogens is 196 g/mol. The van der Waals surface area contributed by atoms with Gasteiger partial charge in [-0.05, 0) is 19.8 Å². The van der Waals surface area contributed by atoms with Gasteiger partial charge in [0, 0.05) is 19.1 Å². The third-order valence-corrected chi connectivity index (χ3v) is 2.63. The van der Waals surface area contributed by atoms with Gasteiger partial charge in [0.1, 0.15) is 0 Å². The van der Waals surface area contributed by atoms with E-state index in [9.17, 15) is 4.79 Å². The van der Waals surface area contributed by atoms with E-state index in [2.05, 4.69) is 5.32 Å². The Bertz CT molecular complexity index is 201. The maximum absolute atomic E-state index is 11.7.